The Balaban J connectivity index is 2.71. The number of nitriles is 1. The molecule has 1 aromatic rings. The number of anilines is 1. The van der Waals surface area contributed by atoms with Crippen LogP contribution in [0, 0.1) is 23.2 Å². The minimum absolute atomic E-state index is 0.0303. The fourth-order valence-electron chi connectivity index (χ4n) is 1.16. The molecule has 84 valence electrons. The predicted octanol–water partition coefficient (Wildman–Crippen LogP) is 2.47. The van der Waals surface area contributed by atoms with E-state index >= 15 is 0 Å². The molecule has 4 nitrogen and oxygen atoms in total. The van der Waals surface area contributed by atoms with E-state index in [0.717, 1.165) is 0 Å². The number of carbonyl (C=O) groups excluding carboxylic acids is 1. The van der Waals surface area contributed by atoms with Gasteiger partial charge in [-0.2, -0.15) is 5.26 Å². The first-order valence-corrected chi connectivity index (χ1v) is 5.24. The number of nitrogens with zero attached hydrogens (tertiary/aromatic N) is 2. The third-order valence-corrected chi connectivity index (χ3v) is 2.29. The maximum Gasteiger partial charge on any atom is 0.243 e. The number of aromatic nitrogens is 1. The third-order valence-electron chi connectivity index (χ3n) is 2.07. The second kappa shape index (κ2) is 5.47. The minimum Gasteiger partial charge on any atom is -0.310 e. The Labute approximate surface area is 99.2 Å². The molecule has 5 heteroatoms. The van der Waals surface area contributed by atoms with Gasteiger partial charge in [0.2, 0.25) is 5.91 Å². The van der Waals surface area contributed by atoms with Gasteiger partial charge in [0.15, 0.2) is 0 Å². The Morgan fingerprint density at radius 1 is 1.56 bits per heavy atom. The van der Waals surface area contributed by atoms with Crippen LogP contribution in [0.4, 0.5) is 5.82 Å². The lowest BCUT2D eigenvalue weighted by Gasteiger charge is -2.12. The molecule has 0 aliphatic carbocycles. The molecule has 1 atom stereocenters. The van der Waals surface area contributed by atoms with Crippen molar-refractivity contribution < 1.29 is 4.79 Å². The van der Waals surface area contributed by atoms with Crippen molar-refractivity contribution in [1.29, 1.82) is 5.26 Å². The smallest absolute Gasteiger partial charge is 0.243 e. The van der Waals surface area contributed by atoms with Crippen LogP contribution in [0.2, 0.25) is 5.02 Å². The van der Waals surface area contributed by atoms with E-state index in [4.69, 9.17) is 16.9 Å². The van der Waals surface area contributed by atoms with Crippen molar-refractivity contribution in [1.82, 2.24) is 4.98 Å². The van der Waals surface area contributed by atoms with Gasteiger partial charge in [-0.25, -0.2) is 4.98 Å². The Hall–Kier alpha value is -1.60. The molecule has 1 N–H and O–H groups in total. The molecule has 0 aromatic carbocycles. The molecule has 0 radical (unpaired) electrons. The molecular weight excluding hydrogens is 226 g/mol. The Kier molecular flexibility index (Phi) is 4.27. The van der Waals surface area contributed by atoms with E-state index in [-0.39, 0.29) is 11.8 Å². The molecule has 16 heavy (non-hydrogen) atoms. The van der Waals surface area contributed by atoms with Crippen LogP contribution in [0.5, 0.6) is 0 Å². The standard InChI is InChI=1S/C11H12ClN3O/c1-7(2)9(5-13)11(16)15-10-4-3-8(12)6-14-10/h3-4,6-7,9H,1-2H3,(H,14,15,16). The average Bonchev–Trinajstić information content (AvgIpc) is 2.22. The summed E-state index contributed by atoms with van der Waals surface area (Å²) >= 11 is 5.66. The number of halogens is 1. The SMILES string of the molecule is CC(C)C(C#N)C(=O)Nc1ccc(Cl)cn1. The molecule has 1 heterocycles. The van der Waals surface area contributed by atoms with Gasteiger partial charge in [0.1, 0.15) is 11.7 Å². The maximum absolute atomic E-state index is 11.7. The summed E-state index contributed by atoms with van der Waals surface area (Å²) in [5.41, 5.74) is 0. The van der Waals surface area contributed by atoms with Gasteiger partial charge in [-0.3, -0.25) is 4.79 Å². The van der Waals surface area contributed by atoms with E-state index in [2.05, 4.69) is 10.3 Å². The zero-order valence-corrected chi connectivity index (χ0v) is 9.82. The number of nitrogens with one attached hydrogen (secondary N) is 1. The van der Waals surface area contributed by atoms with Crippen LogP contribution >= 0.6 is 11.6 Å². The molecule has 0 saturated heterocycles. The van der Waals surface area contributed by atoms with Crippen molar-refractivity contribution in [2.24, 2.45) is 11.8 Å². The molecule has 0 aliphatic rings. The van der Waals surface area contributed by atoms with Gasteiger partial charge in [-0.15, -0.1) is 0 Å². The summed E-state index contributed by atoms with van der Waals surface area (Å²) in [6.45, 7) is 3.64. The Bertz CT molecular complexity index is 408. The van der Waals surface area contributed by atoms with Crippen molar-refractivity contribution in [3.05, 3.63) is 23.4 Å². The van der Waals surface area contributed by atoms with Crippen LogP contribution in [-0.4, -0.2) is 10.9 Å². The van der Waals surface area contributed by atoms with Crippen molar-refractivity contribution in [2.75, 3.05) is 5.32 Å². The molecule has 0 spiro atoms. The fourth-order valence-corrected chi connectivity index (χ4v) is 1.28. The van der Waals surface area contributed by atoms with Gasteiger partial charge in [0, 0.05) is 6.20 Å². The second-order valence-corrected chi connectivity index (χ2v) is 4.14. The fraction of sp³-hybridized carbons (Fsp3) is 0.364. The first kappa shape index (κ1) is 12.5. The first-order valence-electron chi connectivity index (χ1n) is 4.86. The molecule has 1 aromatic heterocycles. The van der Waals surface area contributed by atoms with Crippen LogP contribution in [-0.2, 0) is 4.79 Å². The molecular formula is C11H12ClN3O. The van der Waals surface area contributed by atoms with E-state index in [1.807, 2.05) is 19.9 Å². The molecule has 0 fully saturated rings. The predicted molar refractivity (Wildman–Crippen MR) is 61.8 cm³/mol. The Morgan fingerprint density at radius 3 is 2.69 bits per heavy atom. The van der Waals surface area contributed by atoms with Crippen LogP contribution in [0.3, 0.4) is 0 Å². The maximum atomic E-state index is 11.7. The van der Waals surface area contributed by atoms with Crippen molar-refractivity contribution in [3.63, 3.8) is 0 Å². The number of carbonyl (C=O) groups is 1. The highest BCUT2D eigenvalue weighted by Gasteiger charge is 2.21. The summed E-state index contributed by atoms with van der Waals surface area (Å²) in [5, 5.41) is 11.9. The van der Waals surface area contributed by atoms with Crippen molar-refractivity contribution >= 4 is 23.3 Å². The van der Waals surface area contributed by atoms with Gasteiger partial charge >= 0.3 is 0 Å². The van der Waals surface area contributed by atoms with Gasteiger partial charge < -0.3 is 5.32 Å². The zero-order valence-electron chi connectivity index (χ0n) is 9.07. The number of amides is 1. The number of hydrogen-bond donors (Lipinski definition) is 1. The van der Waals surface area contributed by atoms with Gasteiger partial charge in [-0.1, -0.05) is 25.4 Å². The van der Waals surface area contributed by atoms with Crippen LogP contribution in [0.1, 0.15) is 13.8 Å². The lowest BCUT2D eigenvalue weighted by atomic mass is 9.97. The van der Waals surface area contributed by atoms with Gasteiger partial charge in [0.05, 0.1) is 11.1 Å². The van der Waals surface area contributed by atoms with Crippen molar-refractivity contribution in [3.8, 4) is 6.07 Å². The third kappa shape index (κ3) is 3.21. The largest absolute Gasteiger partial charge is 0.310 e. The van der Waals surface area contributed by atoms with Gasteiger partial charge in [0.25, 0.3) is 0 Å². The lowest BCUT2D eigenvalue weighted by molar-refractivity contribution is -0.119. The van der Waals surface area contributed by atoms with E-state index in [1.165, 1.54) is 6.20 Å². The van der Waals surface area contributed by atoms with E-state index < -0.39 is 5.92 Å². The lowest BCUT2D eigenvalue weighted by Crippen LogP contribution is -2.25. The Morgan fingerprint density at radius 2 is 2.25 bits per heavy atom. The highest BCUT2D eigenvalue weighted by atomic mass is 35.5. The zero-order chi connectivity index (χ0) is 12.1. The highest BCUT2D eigenvalue weighted by Crippen LogP contribution is 2.14. The summed E-state index contributed by atoms with van der Waals surface area (Å²) < 4.78 is 0. The number of pyridine rings is 1. The summed E-state index contributed by atoms with van der Waals surface area (Å²) in [7, 11) is 0. The minimum atomic E-state index is -0.669. The van der Waals surface area contributed by atoms with Crippen LogP contribution in [0.15, 0.2) is 18.3 Å². The van der Waals surface area contributed by atoms with Crippen LogP contribution < -0.4 is 5.32 Å². The van der Waals surface area contributed by atoms with Crippen molar-refractivity contribution in [2.45, 2.75) is 13.8 Å². The molecule has 1 unspecified atom stereocenters. The highest BCUT2D eigenvalue weighted by molar-refractivity contribution is 6.30. The molecule has 1 rings (SSSR count). The summed E-state index contributed by atoms with van der Waals surface area (Å²) in [4.78, 5) is 15.6. The summed E-state index contributed by atoms with van der Waals surface area (Å²) in [5.74, 6) is -0.641. The average molecular weight is 238 g/mol. The van der Waals surface area contributed by atoms with Crippen LogP contribution in [0.25, 0.3) is 0 Å². The molecule has 0 saturated carbocycles. The number of rotatable bonds is 3. The van der Waals surface area contributed by atoms with E-state index in [1.54, 1.807) is 12.1 Å². The second-order valence-electron chi connectivity index (χ2n) is 3.70. The normalized spacial score (nSPS) is 11.9. The topological polar surface area (TPSA) is 65.8 Å². The first-order chi connectivity index (χ1) is 7.54. The molecule has 0 bridgehead atoms. The summed E-state index contributed by atoms with van der Waals surface area (Å²) in [6.07, 6.45) is 1.44. The monoisotopic (exact) mass is 237 g/mol. The van der Waals surface area contributed by atoms with E-state index in [9.17, 15) is 4.79 Å². The quantitative estimate of drug-likeness (QED) is 0.878. The molecule has 1 amide bonds. The summed E-state index contributed by atoms with van der Waals surface area (Å²) in [6, 6.07) is 5.19. The van der Waals surface area contributed by atoms with Gasteiger partial charge in [-0.05, 0) is 18.1 Å². The van der Waals surface area contributed by atoms with E-state index in [0.29, 0.717) is 10.8 Å². The number of hydrogen-bond acceptors (Lipinski definition) is 3. The molecule has 0 aliphatic heterocycles.